The summed E-state index contributed by atoms with van der Waals surface area (Å²) in [5, 5.41) is 16.0. The van der Waals surface area contributed by atoms with E-state index in [4.69, 9.17) is 19.8 Å². The first-order chi connectivity index (χ1) is 10.5. The molecule has 0 amide bonds. The molecule has 1 atom stereocenters. The third kappa shape index (κ3) is 3.79. The van der Waals surface area contributed by atoms with Gasteiger partial charge in [-0.2, -0.15) is 0 Å². The lowest BCUT2D eigenvalue weighted by atomic mass is 10.0. The van der Waals surface area contributed by atoms with E-state index in [1.807, 2.05) is 12.3 Å². The average Bonchev–Trinajstić information content (AvgIpc) is 2.93. The van der Waals surface area contributed by atoms with Crippen LogP contribution in [0.4, 0.5) is 0 Å². The van der Waals surface area contributed by atoms with Gasteiger partial charge in [0.1, 0.15) is 0 Å². The molecule has 1 fully saturated rings. The van der Waals surface area contributed by atoms with Gasteiger partial charge >= 0.3 is 11.9 Å². The van der Waals surface area contributed by atoms with Crippen LogP contribution in [-0.4, -0.2) is 45.6 Å². The molecule has 2 aromatic rings. The van der Waals surface area contributed by atoms with Crippen molar-refractivity contribution in [3.8, 4) is 0 Å². The maximum atomic E-state index is 9.10. The minimum atomic E-state index is -1.82. The molecule has 2 heterocycles. The van der Waals surface area contributed by atoms with E-state index in [1.54, 1.807) is 0 Å². The monoisotopic (exact) mass is 302 g/mol. The molecular formula is C16H18N2O4. The van der Waals surface area contributed by atoms with Crippen LogP contribution in [0.25, 0.3) is 10.9 Å². The summed E-state index contributed by atoms with van der Waals surface area (Å²) in [7, 11) is 2.21. The van der Waals surface area contributed by atoms with Gasteiger partial charge in [0.2, 0.25) is 0 Å². The molecule has 0 unspecified atom stereocenters. The third-order valence-corrected chi connectivity index (χ3v) is 3.72. The van der Waals surface area contributed by atoms with Gasteiger partial charge in [-0.1, -0.05) is 12.1 Å². The Morgan fingerprint density at radius 1 is 1.23 bits per heavy atom. The first-order valence-electron chi connectivity index (χ1n) is 7.00. The van der Waals surface area contributed by atoms with E-state index in [9.17, 15) is 0 Å². The third-order valence-electron chi connectivity index (χ3n) is 3.72. The molecule has 1 aliphatic heterocycles. The van der Waals surface area contributed by atoms with Crippen molar-refractivity contribution in [1.29, 1.82) is 0 Å². The van der Waals surface area contributed by atoms with Gasteiger partial charge in [0, 0.05) is 17.6 Å². The van der Waals surface area contributed by atoms with Crippen LogP contribution in [0, 0.1) is 0 Å². The molecule has 0 aliphatic carbocycles. The maximum Gasteiger partial charge on any atom is 0.414 e. The highest BCUT2D eigenvalue weighted by molar-refractivity contribution is 6.27. The van der Waals surface area contributed by atoms with Crippen molar-refractivity contribution in [1.82, 2.24) is 9.88 Å². The minimum Gasteiger partial charge on any atom is -0.473 e. The molecule has 0 saturated carbocycles. The van der Waals surface area contributed by atoms with Gasteiger partial charge in [0.15, 0.2) is 0 Å². The lowest BCUT2D eigenvalue weighted by Gasteiger charge is -2.19. The van der Waals surface area contributed by atoms with E-state index >= 15 is 0 Å². The molecule has 116 valence electrons. The van der Waals surface area contributed by atoms with Crippen molar-refractivity contribution in [2.75, 3.05) is 13.6 Å². The van der Waals surface area contributed by atoms with Crippen LogP contribution in [0.2, 0.25) is 0 Å². The van der Waals surface area contributed by atoms with Crippen LogP contribution >= 0.6 is 0 Å². The van der Waals surface area contributed by atoms with Crippen molar-refractivity contribution in [3.05, 3.63) is 42.1 Å². The Labute approximate surface area is 128 Å². The smallest absolute Gasteiger partial charge is 0.414 e. The largest absolute Gasteiger partial charge is 0.473 e. The zero-order valence-electron chi connectivity index (χ0n) is 12.3. The van der Waals surface area contributed by atoms with Gasteiger partial charge in [-0.05, 0) is 50.2 Å². The topological polar surface area (TPSA) is 90.7 Å². The van der Waals surface area contributed by atoms with Crippen molar-refractivity contribution < 1.29 is 19.8 Å². The molecule has 3 rings (SSSR count). The summed E-state index contributed by atoms with van der Waals surface area (Å²) in [4.78, 5) is 25.0. The molecule has 0 radical (unpaired) electrons. The van der Waals surface area contributed by atoms with E-state index < -0.39 is 11.9 Å². The van der Waals surface area contributed by atoms with E-state index in [0.717, 1.165) is 5.52 Å². The van der Waals surface area contributed by atoms with Gasteiger partial charge in [0.25, 0.3) is 0 Å². The molecule has 1 aromatic heterocycles. The second-order valence-corrected chi connectivity index (χ2v) is 5.20. The highest BCUT2D eigenvalue weighted by atomic mass is 16.4. The fourth-order valence-electron chi connectivity index (χ4n) is 2.63. The van der Waals surface area contributed by atoms with Crippen molar-refractivity contribution >= 4 is 22.8 Å². The van der Waals surface area contributed by atoms with Crippen molar-refractivity contribution in [2.45, 2.75) is 18.9 Å². The number of carboxylic acid groups (broad SMARTS) is 2. The first kappa shape index (κ1) is 15.9. The van der Waals surface area contributed by atoms with Gasteiger partial charge in [-0.3, -0.25) is 9.88 Å². The molecule has 1 aliphatic rings. The molecular weight excluding hydrogens is 284 g/mol. The summed E-state index contributed by atoms with van der Waals surface area (Å²) >= 11 is 0. The number of hydrogen-bond donors (Lipinski definition) is 2. The Morgan fingerprint density at radius 3 is 2.55 bits per heavy atom. The van der Waals surface area contributed by atoms with Crippen LogP contribution in [0.1, 0.15) is 24.4 Å². The highest BCUT2D eigenvalue weighted by Crippen LogP contribution is 2.31. The fraction of sp³-hybridized carbons (Fsp3) is 0.312. The van der Waals surface area contributed by atoms with Crippen LogP contribution in [0.3, 0.4) is 0 Å². The number of rotatable bonds is 1. The van der Waals surface area contributed by atoms with Gasteiger partial charge in [-0.25, -0.2) is 9.59 Å². The standard InChI is InChI=1S/C14H16N2.C2H2O4/c1-16-9-3-5-14(16)12-6-7-13-11(10-12)4-2-8-15-13;3-1(4)2(5)6/h2,4,6-8,10,14H,3,5,9H2,1H3;(H,3,4)(H,5,6)/t14-;/m1./s1. The summed E-state index contributed by atoms with van der Waals surface area (Å²) in [5.74, 6) is -3.65. The van der Waals surface area contributed by atoms with Crippen LogP contribution in [0.5, 0.6) is 0 Å². The number of nitrogens with zero attached hydrogens (tertiary/aromatic N) is 2. The van der Waals surface area contributed by atoms with Crippen LogP contribution in [-0.2, 0) is 9.59 Å². The molecule has 0 bridgehead atoms. The maximum absolute atomic E-state index is 9.10. The second-order valence-electron chi connectivity index (χ2n) is 5.20. The Kier molecular flexibility index (Phi) is 5.06. The Bertz CT molecular complexity index is 675. The normalized spacial score (nSPS) is 17.8. The quantitative estimate of drug-likeness (QED) is 0.784. The van der Waals surface area contributed by atoms with Crippen molar-refractivity contribution in [3.63, 3.8) is 0 Å². The number of aliphatic carboxylic acids is 2. The van der Waals surface area contributed by atoms with E-state index in [2.05, 4.69) is 41.2 Å². The van der Waals surface area contributed by atoms with Gasteiger partial charge in [-0.15, -0.1) is 0 Å². The summed E-state index contributed by atoms with van der Waals surface area (Å²) in [6, 6.07) is 11.4. The molecule has 6 heteroatoms. The summed E-state index contributed by atoms with van der Waals surface area (Å²) in [6.45, 7) is 1.22. The zero-order valence-corrected chi connectivity index (χ0v) is 12.3. The second kappa shape index (κ2) is 7.00. The molecule has 6 nitrogen and oxygen atoms in total. The van der Waals surface area contributed by atoms with Crippen LogP contribution < -0.4 is 0 Å². The molecule has 1 saturated heterocycles. The number of carboxylic acids is 2. The van der Waals surface area contributed by atoms with E-state index in [-0.39, 0.29) is 0 Å². The molecule has 0 spiro atoms. The molecule has 2 N–H and O–H groups in total. The zero-order chi connectivity index (χ0) is 16.1. The SMILES string of the molecule is CN1CCC[C@@H]1c1ccc2ncccc2c1.O=C(O)C(=O)O. The number of carbonyl (C=O) groups is 2. The molecule has 22 heavy (non-hydrogen) atoms. The Morgan fingerprint density at radius 2 is 1.95 bits per heavy atom. The summed E-state index contributed by atoms with van der Waals surface area (Å²) < 4.78 is 0. The van der Waals surface area contributed by atoms with Gasteiger partial charge < -0.3 is 10.2 Å². The summed E-state index contributed by atoms with van der Waals surface area (Å²) in [6.07, 6.45) is 4.44. The number of fused-ring (bicyclic) bond motifs is 1. The predicted molar refractivity (Wildman–Crippen MR) is 81.6 cm³/mol. The minimum absolute atomic E-state index is 0.601. The number of likely N-dealkylation sites (tertiary alicyclic amines) is 1. The first-order valence-corrected chi connectivity index (χ1v) is 7.00. The lowest BCUT2D eigenvalue weighted by Crippen LogP contribution is -2.17. The van der Waals surface area contributed by atoms with E-state index in [1.165, 1.54) is 30.3 Å². The lowest BCUT2D eigenvalue weighted by molar-refractivity contribution is -0.159. The predicted octanol–water partition coefficient (Wildman–Crippen LogP) is 2.16. The van der Waals surface area contributed by atoms with Crippen LogP contribution in [0.15, 0.2) is 36.5 Å². The summed E-state index contributed by atoms with van der Waals surface area (Å²) in [5.41, 5.74) is 2.52. The van der Waals surface area contributed by atoms with Gasteiger partial charge in [0.05, 0.1) is 5.52 Å². The van der Waals surface area contributed by atoms with Crippen molar-refractivity contribution in [2.24, 2.45) is 0 Å². The van der Waals surface area contributed by atoms with E-state index in [0.29, 0.717) is 6.04 Å². The number of benzene rings is 1. The Balaban J connectivity index is 0.000000254. The fourth-order valence-corrected chi connectivity index (χ4v) is 2.63. The number of aromatic nitrogens is 1. The average molecular weight is 302 g/mol. The number of pyridine rings is 1. The molecule has 1 aromatic carbocycles. The number of hydrogen-bond acceptors (Lipinski definition) is 4. The highest BCUT2D eigenvalue weighted by Gasteiger charge is 2.22. The Hall–Kier alpha value is -2.47.